The van der Waals surface area contributed by atoms with E-state index in [0.29, 0.717) is 12.8 Å². The predicted octanol–water partition coefficient (Wildman–Crippen LogP) is -0.433. The number of cyclic esters (lactones) is 1. The minimum Gasteiger partial charge on any atom is -0.449 e. The van der Waals surface area contributed by atoms with Gasteiger partial charge in [0.15, 0.2) is 5.60 Å². The van der Waals surface area contributed by atoms with Crippen molar-refractivity contribution in [2.24, 2.45) is 5.73 Å². The quantitative estimate of drug-likeness (QED) is 0.506. The number of rotatable bonds is 1. The van der Waals surface area contributed by atoms with Crippen LogP contribution in [0.3, 0.4) is 0 Å². The Balaban J connectivity index is 2.72. The molecule has 0 spiro atoms. The molecule has 1 aliphatic rings. The van der Waals surface area contributed by atoms with Gasteiger partial charge in [-0.1, -0.05) is 0 Å². The van der Waals surface area contributed by atoms with Gasteiger partial charge in [-0.15, -0.1) is 0 Å². The smallest absolute Gasteiger partial charge is 0.307 e. The van der Waals surface area contributed by atoms with Crippen LogP contribution in [0.15, 0.2) is 0 Å². The standard InChI is InChI=1S/C6H9NO3/c1-6(5(7)9)3-2-4(8)10-6/h2-3H2,1H3,(H2,7,9). The monoisotopic (exact) mass is 143 g/mol. The first kappa shape index (κ1) is 7.05. The molecule has 0 aromatic carbocycles. The Morgan fingerprint density at radius 3 is 2.60 bits per heavy atom. The molecule has 1 rings (SSSR count). The Kier molecular flexibility index (Phi) is 1.39. The van der Waals surface area contributed by atoms with Crippen LogP contribution in [-0.4, -0.2) is 17.5 Å². The fourth-order valence-corrected chi connectivity index (χ4v) is 0.867. The van der Waals surface area contributed by atoms with Crippen LogP contribution in [0, 0.1) is 0 Å². The van der Waals surface area contributed by atoms with Gasteiger partial charge in [-0.05, 0) is 6.92 Å². The number of ether oxygens (including phenoxy) is 1. The normalized spacial score (nSPS) is 31.9. The lowest BCUT2D eigenvalue weighted by Crippen LogP contribution is -2.40. The summed E-state index contributed by atoms with van der Waals surface area (Å²) in [6.45, 7) is 1.53. The van der Waals surface area contributed by atoms with Gasteiger partial charge in [0.25, 0.3) is 5.91 Å². The molecular weight excluding hydrogens is 134 g/mol. The molecule has 1 atom stereocenters. The van der Waals surface area contributed by atoms with E-state index < -0.39 is 11.5 Å². The maximum Gasteiger partial charge on any atom is 0.307 e. The van der Waals surface area contributed by atoms with Crippen molar-refractivity contribution >= 4 is 11.9 Å². The maximum atomic E-state index is 10.6. The summed E-state index contributed by atoms with van der Waals surface area (Å²) in [6.07, 6.45) is 0.695. The largest absolute Gasteiger partial charge is 0.449 e. The first-order valence-electron chi connectivity index (χ1n) is 3.06. The van der Waals surface area contributed by atoms with E-state index >= 15 is 0 Å². The van der Waals surface area contributed by atoms with E-state index in [0.717, 1.165) is 0 Å². The van der Waals surface area contributed by atoms with Crippen molar-refractivity contribution < 1.29 is 14.3 Å². The van der Waals surface area contributed by atoms with Crippen molar-refractivity contribution in [1.29, 1.82) is 0 Å². The van der Waals surface area contributed by atoms with Gasteiger partial charge in [0, 0.05) is 12.8 Å². The summed E-state index contributed by atoms with van der Waals surface area (Å²) in [6, 6.07) is 0. The maximum absolute atomic E-state index is 10.6. The summed E-state index contributed by atoms with van der Waals surface area (Å²) in [4.78, 5) is 21.1. The molecule has 2 N–H and O–H groups in total. The second-order valence-electron chi connectivity index (χ2n) is 2.57. The third-order valence-electron chi connectivity index (χ3n) is 1.67. The van der Waals surface area contributed by atoms with Crippen molar-refractivity contribution in [3.63, 3.8) is 0 Å². The molecule has 1 heterocycles. The fraction of sp³-hybridized carbons (Fsp3) is 0.667. The van der Waals surface area contributed by atoms with Crippen LogP contribution in [0.2, 0.25) is 0 Å². The van der Waals surface area contributed by atoms with Gasteiger partial charge in [0.05, 0.1) is 0 Å². The third-order valence-corrected chi connectivity index (χ3v) is 1.67. The summed E-state index contributed by atoms with van der Waals surface area (Å²) in [5, 5.41) is 0. The summed E-state index contributed by atoms with van der Waals surface area (Å²) in [7, 11) is 0. The molecule has 10 heavy (non-hydrogen) atoms. The number of nitrogens with two attached hydrogens (primary N) is 1. The molecule has 4 heteroatoms. The average Bonchev–Trinajstić information content (AvgIpc) is 2.13. The predicted molar refractivity (Wildman–Crippen MR) is 32.9 cm³/mol. The van der Waals surface area contributed by atoms with Crippen LogP contribution in [0.1, 0.15) is 19.8 Å². The van der Waals surface area contributed by atoms with E-state index in [9.17, 15) is 9.59 Å². The fourth-order valence-electron chi connectivity index (χ4n) is 0.867. The molecule has 1 unspecified atom stereocenters. The van der Waals surface area contributed by atoms with E-state index in [1.165, 1.54) is 6.92 Å². The molecule has 0 aromatic rings. The summed E-state index contributed by atoms with van der Waals surface area (Å²) in [5.74, 6) is -0.917. The van der Waals surface area contributed by atoms with Gasteiger partial charge in [-0.2, -0.15) is 0 Å². The molecule has 0 aromatic heterocycles. The molecule has 4 nitrogen and oxygen atoms in total. The minimum atomic E-state index is -1.04. The first-order chi connectivity index (χ1) is 4.54. The van der Waals surface area contributed by atoms with Crippen molar-refractivity contribution in [2.75, 3.05) is 0 Å². The lowest BCUT2D eigenvalue weighted by atomic mass is 10.0. The van der Waals surface area contributed by atoms with Crippen molar-refractivity contribution in [1.82, 2.24) is 0 Å². The third kappa shape index (κ3) is 0.964. The Morgan fingerprint density at radius 1 is 1.80 bits per heavy atom. The van der Waals surface area contributed by atoms with Crippen LogP contribution < -0.4 is 5.73 Å². The number of hydrogen-bond acceptors (Lipinski definition) is 3. The first-order valence-corrected chi connectivity index (χ1v) is 3.06. The molecule has 1 amide bonds. The minimum absolute atomic E-state index is 0.291. The summed E-state index contributed by atoms with van der Waals surface area (Å²) < 4.78 is 4.70. The zero-order valence-corrected chi connectivity index (χ0v) is 5.72. The van der Waals surface area contributed by atoms with Crippen LogP contribution in [0.4, 0.5) is 0 Å². The highest BCUT2D eigenvalue weighted by Crippen LogP contribution is 2.25. The van der Waals surface area contributed by atoms with Crippen molar-refractivity contribution in [2.45, 2.75) is 25.4 Å². The van der Waals surface area contributed by atoms with Gasteiger partial charge in [-0.25, -0.2) is 0 Å². The zero-order chi connectivity index (χ0) is 7.78. The second kappa shape index (κ2) is 1.97. The molecule has 1 aliphatic heterocycles. The highest BCUT2D eigenvalue weighted by Gasteiger charge is 2.40. The van der Waals surface area contributed by atoms with Gasteiger partial charge < -0.3 is 10.5 Å². The molecule has 0 saturated carbocycles. The van der Waals surface area contributed by atoms with E-state index in [1.54, 1.807) is 0 Å². The second-order valence-corrected chi connectivity index (χ2v) is 2.57. The Labute approximate surface area is 58.3 Å². The van der Waals surface area contributed by atoms with Gasteiger partial charge in [0.2, 0.25) is 0 Å². The molecular formula is C6H9NO3. The Bertz CT molecular complexity index is 189. The topological polar surface area (TPSA) is 69.4 Å². The number of esters is 1. The van der Waals surface area contributed by atoms with E-state index in [4.69, 9.17) is 10.5 Å². The number of amides is 1. The number of hydrogen-bond donors (Lipinski definition) is 1. The van der Waals surface area contributed by atoms with Crippen molar-refractivity contribution in [3.8, 4) is 0 Å². The summed E-state index contributed by atoms with van der Waals surface area (Å²) >= 11 is 0. The van der Waals surface area contributed by atoms with E-state index in [2.05, 4.69) is 0 Å². The van der Waals surface area contributed by atoms with Gasteiger partial charge in [-0.3, -0.25) is 9.59 Å². The number of carbonyl (C=O) groups excluding carboxylic acids is 2. The van der Waals surface area contributed by atoms with Crippen LogP contribution in [0.25, 0.3) is 0 Å². The summed E-state index contributed by atoms with van der Waals surface area (Å²) in [5.41, 5.74) is 3.93. The molecule has 0 aliphatic carbocycles. The van der Waals surface area contributed by atoms with E-state index in [1.807, 2.05) is 0 Å². The van der Waals surface area contributed by atoms with E-state index in [-0.39, 0.29) is 5.97 Å². The highest BCUT2D eigenvalue weighted by atomic mass is 16.6. The van der Waals surface area contributed by atoms with Gasteiger partial charge >= 0.3 is 5.97 Å². The van der Waals surface area contributed by atoms with Gasteiger partial charge in [0.1, 0.15) is 0 Å². The average molecular weight is 143 g/mol. The zero-order valence-electron chi connectivity index (χ0n) is 5.72. The molecule has 1 saturated heterocycles. The molecule has 1 fully saturated rings. The van der Waals surface area contributed by atoms with Crippen LogP contribution >= 0.6 is 0 Å². The molecule has 0 bridgehead atoms. The molecule has 0 radical (unpaired) electrons. The lowest BCUT2D eigenvalue weighted by molar-refractivity contribution is -0.155. The van der Waals surface area contributed by atoms with Crippen LogP contribution in [0.5, 0.6) is 0 Å². The van der Waals surface area contributed by atoms with Crippen LogP contribution in [-0.2, 0) is 14.3 Å². The SMILES string of the molecule is CC1(C(N)=O)CCC(=O)O1. The Hall–Kier alpha value is -1.06. The lowest BCUT2D eigenvalue weighted by Gasteiger charge is -2.16. The number of carbonyl (C=O) groups is 2. The van der Waals surface area contributed by atoms with Crippen molar-refractivity contribution in [3.05, 3.63) is 0 Å². The number of primary amides is 1. The highest BCUT2D eigenvalue weighted by molar-refractivity contribution is 5.88. The molecule has 56 valence electrons. The Morgan fingerprint density at radius 2 is 2.40 bits per heavy atom.